The van der Waals surface area contributed by atoms with Crippen LogP contribution in [0, 0.1) is 17.8 Å². The summed E-state index contributed by atoms with van der Waals surface area (Å²) in [5, 5.41) is 4.29. The van der Waals surface area contributed by atoms with E-state index < -0.39 is 42.3 Å². The molecule has 1 fully saturated rings. The lowest BCUT2D eigenvalue weighted by Crippen LogP contribution is -2.34. The molecule has 31 heavy (non-hydrogen) atoms. The highest BCUT2D eigenvalue weighted by molar-refractivity contribution is 5.90. The number of carbonyl (C=O) groups excluding carboxylic acids is 1. The summed E-state index contributed by atoms with van der Waals surface area (Å²) in [7, 11) is 0. The largest absolute Gasteiger partial charge is 0.396 e. The SMILES string of the molecule is N[C@H](c1cn2nc(CC3C[C@@H](C(F)(F)F)C=NC3=O)cnc2n1)C1CCC(F)(F)CC1. The van der Waals surface area contributed by atoms with E-state index in [4.69, 9.17) is 5.73 Å². The number of alkyl halides is 5. The lowest BCUT2D eigenvalue weighted by molar-refractivity contribution is -0.160. The van der Waals surface area contributed by atoms with Crippen molar-refractivity contribution in [3.05, 3.63) is 23.8 Å². The average Bonchev–Trinajstić information content (AvgIpc) is 3.11. The van der Waals surface area contributed by atoms with Crippen molar-refractivity contribution in [2.45, 2.75) is 56.7 Å². The Morgan fingerprint density at radius 2 is 1.97 bits per heavy atom. The zero-order chi connectivity index (χ0) is 22.4. The Morgan fingerprint density at radius 3 is 2.65 bits per heavy atom. The molecule has 0 spiro atoms. The van der Waals surface area contributed by atoms with Crippen molar-refractivity contribution in [1.82, 2.24) is 19.6 Å². The number of aliphatic imine (C=N–C) groups is 1. The molecule has 2 aromatic rings. The molecule has 1 saturated carbocycles. The fourth-order valence-electron chi connectivity index (χ4n) is 4.13. The number of nitrogens with two attached hydrogens (primary N) is 1. The van der Waals surface area contributed by atoms with Gasteiger partial charge in [-0.25, -0.2) is 28.3 Å². The summed E-state index contributed by atoms with van der Waals surface area (Å²) in [6, 6.07) is -0.551. The number of fused-ring (bicyclic) bond motifs is 1. The molecular weight excluding hydrogens is 423 g/mol. The second-order valence-corrected chi connectivity index (χ2v) is 8.28. The van der Waals surface area contributed by atoms with Gasteiger partial charge >= 0.3 is 6.18 Å². The Kier molecular flexibility index (Phi) is 5.52. The standard InChI is InChI=1S/C19H21F5N6O/c20-18(21)3-1-10(2-4-18)15(25)14-9-30-17(28-14)27-8-13(29-30)6-11-5-12(19(22,23)24)7-26-16(11)31/h7-12,15H,1-6,25H2/t11?,12-,15+/m1/s1. The molecule has 1 aliphatic heterocycles. The summed E-state index contributed by atoms with van der Waals surface area (Å²) in [4.78, 5) is 23.8. The molecule has 0 bridgehead atoms. The maximum absolute atomic E-state index is 13.4. The minimum atomic E-state index is -4.46. The van der Waals surface area contributed by atoms with Crippen molar-refractivity contribution in [2.75, 3.05) is 0 Å². The predicted octanol–water partition coefficient (Wildman–Crippen LogP) is 3.29. The molecule has 1 unspecified atom stereocenters. The Labute approximate surface area is 173 Å². The van der Waals surface area contributed by atoms with Gasteiger partial charge in [0, 0.05) is 31.4 Å². The van der Waals surface area contributed by atoms with Crippen molar-refractivity contribution in [1.29, 1.82) is 0 Å². The van der Waals surface area contributed by atoms with Gasteiger partial charge in [-0.1, -0.05) is 0 Å². The Bertz CT molecular complexity index is 993. The van der Waals surface area contributed by atoms with Gasteiger partial charge in [0.2, 0.25) is 11.8 Å². The second-order valence-electron chi connectivity index (χ2n) is 8.28. The van der Waals surface area contributed by atoms with E-state index in [1.807, 2.05) is 0 Å². The van der Waals surface area contributed by atoms with E-state index in [9.17, 15) is 26.7 Å². The highest BCUT2D eigenvalue weighted by atomic mass is 19.4. The zero-order valence-corrected chi connectivity index (χ0v) is 16.4. The van der Waals surface area contributed by atoms with Crippen LogP contribution in [-0.4, -0.2) is 43.8 Å². The van der Waals surface area contributed by atoms with Crippen molar-refractivity contribution in [3.8, 4) is 0 Å². The first kappa shape index (κ1) is 21.7. The summed E-state index contributed by atoms with van der Waals surface area (Å²) < 4.78 is 67.0. The van der Waals surface area contributed by atoms with Gasteiger partial charge in [-0.05, 0) is 25.2 Å². The van der Waals surface area contributed by atoms with Gasteiger partial charge in [-0.3, -0.25) is 4.79 Å². The van der Waals surface area contributed by atoms with Gasteiger partial charge in [0.15, 0.2) is 0 Å². The topological polar surface area (TPSA) is 98.5 Å². The molecule has 7 nitrogen and oxygen atoms in total. The normalized spacial score (nSPS) is 25.8. The van der Waals surface area contributed by atoms with Crippen molar-refractivity contribution in [3.63, 3.8) is 0 Å². The molecule has 2 aromatic heterocycles. The van der Waals surface area contributed by atoms with Crippen molar-refractivity contribution in [2.24, 2.45) is 28.5 Å². The van der Waals surface area contributed by atoms with E-state index in [-0.39, 0.29) is 31.0 Å². The van der Waals surface area contributed by atoms with Gasteiger partial charge in [0.05, 0.1) is 35.7 Å². The van der Waals surface area contributed by atoms with E-state index in [0.717, 1.165) is 0 Å². The molecular formula is C19H21F5N6O. The number of rotatable bonds is 4. The first-order valence-corrected chi connectivity index (χ1v) is 10.0. The molecule has 0 aromatic carbocycles. The van der Waals surface area contributed by atoms with Crippen LogP contribution in [0.3, 0.4) is 0 Å². The number of halogens is 5. The molecule has 1 aliphatic carbocycles. The fourth-order valence-corrected chi connectivity index (χ4v) is 4.13. The second kappa shape index (κ2) is 7.88. The Balaban J connectivity index is 1.48. The van der Waals surface area contributed by atoms with Crippen molar-refractivity contribution < 1.29 is 26.7 Å². The lowest BCUT2D eigenvalue weighted by atomic mass is 9.81. The number of amides is 1. The monoisotopic (exact) mass is 444 g/mol. The number of nitrogens with zero attached hydrogens (tertiary/aromatic N) is 5. The molecule has 3 atom stereocenters. The third-order valence-electron chi connectivity index (χ3n) is 6.01. The minimum Gasteiger partial charge on any atom is -0.322 e. The molecule has 1 amide bonds. The molecule has 168 valence electrons. The van der Waals surface area contributed by atoms with Crippen LogP contribution in [0.25, 0.3) is 5.78 Å². The van der Waals surface area contributed by atoms with Gasteiger partial charge in [0.1, 0.15) is 0 Å². The number of hydrogen-bond donors (Lipinski definition) is 1. The van der Waals surface area contributed by atoms with Gasteiger partial charge in [-0.15, -0.1) is 0 Å². The van der Waals surface area contributed by atoms with E-state index >= 15 is 0 Å². The van der Waals surface area contributed by atoms with Crippen LogP contribution in [0.2, 0.25) is 0 Å². The van der Waals surface area contributed by atoms with Crippen molar-refractivity contribution >= 4 is 17.9 Å². The summed E-state index contributed by atoms with van der Waals surface area (Å²) in [6.07, 6.45) is -1.19. The third-order valence-corrected chi connectivity index (χ3v) is 6.01. The van der Waals surface area contributed by atoms with Gasteiger partial charge in [0.25, 0.3) is 5.78 Å². The third kappa shape index (κ3) is 4.73. The Morgan fingerprint density at radius 1 is 1.26 bits per heavy atom. The first-order chi connectivity index (χ1) is 14.5. The average molecular weight is 444 g/mol. The molecule has 3 heterocycles. The predicted molar refractivity (Wildman–Crippen MR) is 99.5 cm³/mol. The maximum atomic E-state index is 13.4. The van der Waals surface area contributed by atoms with Crippen LogP contribution in [0.1, 0.15) is 49.5 Å². The van der Waals surface area contributed by atoms with Crippen LogP contribution < -0.4 is 5.73 Å². The summed E-state index contributed by atoms with van der Waals surface area (Å²) in [6.45, 7) is 0. The van der Waals surface area contributed by atoms with Crippen LogP contribution in [-0.2, 0) is 11.2 Å². The van der Waals surface area contributed by atoms with Crippen LogP contribution >= 0.6 is 0 Å². The highest BCUT2D eigenvalue weighted by Gasteiger charge is 2.43. The smallest absolute Gasteiger partial charge is 0.322 e. The highest BCUT2D eigenvalue weighted by Crippen LogP contribution is 2.40. The van der Waals surface area contributed by atoms with Crippen LogP contribution in [0.15, 0.2) is 17.4 Å². The van der Waals surface area contributed by atoms with Crippen LogP contribution in [0.5, 0.6) is 0 Å². The number of imidazole rings is 1. The number of aromatic nitrogens is 4. The summed E-state index contributed by atoms with van der Waals surface area (Å²) >= 11 is 0. The van der Waals surface area contributed by atoms with E-state index in [2.05, 4.69) is 20.1 Å². The molecule has 12 heteroatoms. The van der Waals surface area contributed by atoms with E-state index in [0.29, 0.717) is 30.4 Å². The summed E-state index contributed by atoms with van der Waals surface area (Å²) in [5.41, 5.74) is 7.02. The van der Waals surface area contributed by atoms with Crippen LogP contribution in [0.4, 0.5) is 22.0 Å². The molecule has 4 rings (SSSR count). The molecule has 0 radical (unpaired) electrons. The summed E-state index contributed by atoms with van der Waals surface area (Å²) in [5.74, 6) is -5.90. The molecule has 0 saturated heterocycles. The van der Waals surface area contributed by atoms with E-state index in [1.165, 1.54) is 10.7 Å². The minimum absolute atomic E-state index is 0.0387. The Hall–Kier alpha value is -2.50. The quantitative estimate of drug-likeness (QED) is 0.730. The van der Waals surface area contributed by atoms with Gasteiger partial charge < -0.3 is 5.73 Å². The molecule has 2 aliphatic rings. The first-order valence-electron chi connectivity index (χ1n) is 10.0. The zero-order valence-electron chi connectivity index (χ0n) is 16.4. The maximum Gasteiger partial charge on any atom is 0.396 e. The number of hydrogen-bond acceptors (Lipinski definition) is 5. The lowest BCUT2D eigenvalue weighted by Gasteiger charge is -2.31. The molecule has 2 N–H and O–H groups in total. The van der Waals surface area contributed by atoms with E-state index in [1.54, 1.807) is 6.20 Å². The number of carbonyl (C=O) groups is 1. The fraction of sp³-hybridized carbons (Fsp3) is 0.632. The van der Waals surface area contributed by atoms with Gasteiger partial charge in [-0.2, -0.15) is 18.3 Å².